The van der Waals surface area contributed by atoms with Crippen molar-refractivity contribution in [2.45, 2.75) is 51.6 Å². The Morgan fingerprint density at radius 2 is 1.72 bits per heavy atom. The number of nitrogens with one attached hydrogen (secondary N) is 1. The van der Waals surface area contributed by atoms with Gasteiger partial charge in [-0.2, -0.15) is 13.2 Å². The van der Waals surface area contributed by atoms with E-state index in [-0.39, 0.29) is 5.13 Å². The Bertz CT molecular complexity index is 339. The fourth-order valence-corrected chi connectivity index (χ4v) is 2.15. The average molecular weight is 281 g/mol. The first kappa shape index (κ1) is 15.2. The smallest absolute Gasteiger partial charge is 0.360 e. The molecule has 0 spiro atoms. The summed E-state index contributed by atoms with van der Waals surface area (Å²) in [5.41, 5.74) is 0. The molecule has 1 heterocycles. The van der Waals surface area contributed by atoms with Crippen LogP contribution in [0.25, 0.3) is 0 Å². The SMILES string of the molecule is CCCCCCCCNc1nnc(C(F)(F)F)s1. The van der Waals surface area contributed by atoms with Crippen molar-refractivity contribution in [3.8, 4) is 0 Å². The fourth-order valence-electron chi connectivity index (χ4n) is 1.51. The highest BCUT2D eigenvalue weighted by atomic mass is 32.1. The van der Waals surface area contributed by atoms with Gasteiger partial charge in [-0.05, 0) is 6.42 Å². The van der Waals surface area contributed by atoms with Crippen LogP contribution in [0.4, 0.5) is 18.3 Å². The lowest BCUT2D eigenvalue weighted by Crippen LogP contribution is -2.03. The van der Waals surface area contributed by atoms with Crippen molar-refractivity contribution < 1.29 is 13.2 Å². The zero-order chi connectivity index (χ0) is 13.4. The molecule has 0 aliphatic heterocycles. The first-order valence-corrected chi connectivity index (χ1v) is 7.00. The largest absolute Gasteiger partial charge is 0.445 e. The predicted molar refractivity (Wildman–Crippen MR) is 66.8 cm³/mol. The van der Waals surface area contributed by atoms with Gasteiger partial charge in [-0.25, -0.2) is 0 Å². The van der Waals surface area contributed by atoms with Crippen LogP contribution in [0.5, 0.6) is 0 Å². The van der Waals surface area contributed by atoms with Crippen LogP contribution < -0.4 is 5.32 Å². The van der Waals surface area contributed by atoms with E-state index in [9.17, 15) is 13.2 Å². The Hall–Kier alpha value is -0.850. The van der Waals surface area contributed by atoms with E-state index in [0.717, 1.165) is 12.8 Å². The summed E-state index contributed by atoms with van der Waals surface area (Å²) in [5, 5.41) is 8.80. The molecule has 0 aliphatic rings. The van der Waals surface area contributed by atoms with Gasteiger partial charge in [-0.1, -0.05) is 50.4 Å². The molecule has 0 saturated heterocycles. The van der Waals surface area contributed by atoms with Crippen LogP contribution in [0.2, 0.25) is 0 Å². The van der Waals surface area contributed by atoms with Crippen molar-refractivity contribution in [1.29, 1.82) is 0 Å². The minimum Gasteiger partial charge on any atom is -0.360 e. The number of halogens is 3. The van der Waals surface area contributed by atoms with Crippen LogP contribution in [0.15, 0.2) is 0 Å². The third-order valence-corrected chi connectivity index (χ3v) is 3.40. The van der Waals surface area contributed by atoms with Crippen LogP contribution in [0.1, 0.15) is 50.5 Å². The van der Waals surface area contributed by atoms with Gasteiger partial charge in [0.2, 0.25) is 10.1 Å². The van der Waals surface area contributed by atoms with Gasteiger partial charge in [0.1, 0.15) is 0 Å². The summed E-state index contributed by atoms with van der Waals surface area (Å²) in [6.45, 7) is 2.81. The summed E-state index contributed by atoms with van der Waals surface area (Å²) in [6.07, 6.45) is 2.52. The maximum absolute atomic E-state index is 12.2. The molecule has 3 nitrogen and oxygen atoms in total. The maximum atomic E-state index is 12.2. The highest BCUT2D eigenvalue weighted by Crippen LogP contribution is 2.32. The lowest BCUT2D eigenvalue weighted by Gasteiger charge is -2.02. The highest BCUT2D eigenvalue weighted by Gasteiger charge is 2.35. The molecule has 0 aliphatic carbocycles. The predicted octanol–water partition coefficient (Wildman–Crippen LogP) is 4.33. The Balaban J connectivity index is 2.14. The third kappa shape index (κ3) is 5.66. The van der Waals surface area contributed by atoms with E-state index in [2.05, 4.69) is 22.4 Å². The minimum absolute atomic E-state index is 0.246. The van der Waals surface area contributed by atoms with Crippen molar-refractivity contribution in [3.05, 3.63) is 5.01 Å². The average Bonchev–Trinajstić information content (AvgIpc) is 2.76. The second-order valence-electron chi connectivity index (χ2n) is 4.10. The standard InChI is InChI=1S/C11H18F3N3S/c1-2-3-4-5-6-7-8-15-10-17-16-9(18-10)11(12,13)14/h2-8H2,1H3,(H,15,17). The van der Waals surface area contributed by atoms with Gasteiger partial charge < -0.3 is 5.32 Å². The van der Waals surface area contributed by atoms with Crippen molar-refractivity contribution in [1.82, 2.24) is 10.2 Å². The van der Waals surface area contributed by atoms with E-state index in [1.54, 1.807) is 0 Å². The number of aromatic nitrogens is 2. The van der Waals surface area contributed by atoms with E-state index >= 15 is 0 Å². The molecule has 0 aromatic carbocycles. The molecule has 0 unspecified atom stereocenters. The molecular weight excluding hydrogens is 263 g/mol. The van der Waals surface area contributed by atoms with E-state index in [0.29, 0.717) is 17.9 Å². The Morgan fingerprint density at radius 3 is 2.33 bits per heavy atom. The minimum atomic E-state index is -4.39. The third-order valence-electron chi connectivity index (χ3n) is 2.47. The fraction of sp³-hybridized carbons (Fsp3) is 0.818. The number of anilines is 1. The van der Waals surface area contributed by atoms with Crippen LogP contribution in [0.3, 0.4) is 0 Å². The molecule has 0 bridgehead atoms. The quantitative estimate of drug-likeness (QED) is 0.721. The molecular formula is C11H18F3N3S. The summed E-state index contributed by atoms with van der Waals surface area (Å²) >= 11 is 0.553. The molecule has 1 aromatic heterocycles. The lowest BCUT2D eigenvalue weighted by atomic mass is 10.1. The molecule has 1 N–H and O–H groups in total. The first-order chi connectivity index (χ1) is 8.54. The Morgan fingerprint density at radius 1 is 1.06 bits per heavy atom. The maximum Gasteiger partial charge on any atom is 0.445 e. The molecule has 0 radical (unpaired) electrons. The first-order valence-electron chi connectivity index (χ1n) is 6.18. The molecule has 104 valence electrons. The van der Waals surface area contributed by atoms with E-state index < -0.39 is 11.2 Å². The second-order valence-corrected chi connectivity index (χ2v) is 5.08. The van der Waals surface area contributed by atoms with E-state index in [1.165, 1.54) is 25.7 Å². The van der Waals surface area contributed by atoms with Gasteiger partial charge in [0.15, 0.2) is 0 Å². The number of hydrogen-bond acceptors (Lipinski definition) is 4. The topological polar surface area (TPSA) is 37.8 Å². The molecule has 0 saturated carbocycles. The molecule has 0 atom stereocenters. The summed E-state index contributed by atoms with van der Waals surface area (Å²) in [4.78, 5) is 0. The normalized spacial score (nSPS) is 11.8. The molecule has 0 fully saturated rings. The number of hydrogen-bond donors (Lipinski definition) is 1. The van der Waals surface area contributed by atoms with Crippen molar-refractivity contribution >= 4 is 16.5 Å². The lowest BCUT2D eigenvalue weighted by molar-refractivity contribution is -0.138. The zero-order valence-corrected chi connectivity index (χ0v) is 11.2. The molecule has 7 heteroatoms. The number of nitrogens with zero attached hydrogens (tertiary/aromatic N) is 2. The van der Waals surface area contributed by atoms with Crippen LogP contribution in [-0.2, 0) is 6.18 Å². The molecule has 0 amide bonds. The van der Waals surface area contributed by atoms with Crippen LogP contribution in [0, 0.1) is 0 Å². The van der Waals surface area contributed by atoms with Crippen LogP contribution >= 0.6 is 11.3 Å². The number of alkyl halides is 3. The van der Waals surface area contributed by atoms with Gasteiger partial charge in [-0.3, -0.25) is 0 Å². The summed E-state index contributed by atoms with van der Waals surface area (Å²) < 4.78 is 36.7. The van der Waals surface area contributed by atoms with E-state index in [4.69, 9.17) is 0 Å². The van der Waals surface area contributed by atoms with Gasteiger partial charge in [0.05, 0.1) is 0 Å². The van der Waals surface area contributed by atoms with Crippen molar-refractivity contribution in [2.24, 2.45) is 0 Å². The van der Waals surface area contributed by atoms with Gasteiger partial charge >= 0.3 is 6.18 Å². The molecule has 1 rings (SSSR count). The number of rotatable bonds is 8. The highest BCUT2D eigenvalue weighted by molar-refractivity contribution is 7.15. The monoisotopic (exact) mass is 281 g/mol. The van der Waals surface area contributed by atoms with Crippen LogP contribution in [-0.4, -0.2) is 16.7 Å². The number of unbranched alkanes of at least 4 members (excludes halogenated alkanes) is 5. The Labute approximate surface area is 109 Å². The second kappa shape index (κ2) is 7.56. The summed E-state index contributed by atoms with van der Waals surface area (Å²) in [5.74, 6) is 0. The van der Waals surface area contributed by atoms with Gasteiger partial charge in [-0.15, -0.1) is 10.2 Å². The van der Waals surface area contributed by atoms with Crippen molar-refractivity contribution in [3.63, 3.8) is 0 Å². The molecule has 1 aromatic rings. The van der Waals surface area contributed by atoms with Crippen molar-refractivity contribution in [2.75, 3.05) is 11.9 Å². The Kier molecular flexibility index (Phi) is 6.38. The van der Waals surface area contributed by atoms with Gasteiger partial charge in [0.25, 0.3) is 0 Å². The van der Waals surface area contributed by atoms with E-state index in [1.807, 2.05) is 0 Å². The summed E-state index contributed by atoms with van der Waals surface area (Å²) in [6, 6.07) is 0. The van der Waals surface area contributed by atoms with Gasteiger partial charge in [0, 0.05) is 6.54 Å². The molecule has 18 heavy (non-hydrogen) atoms. The summed E-state index contributed by atoms with van der Waals surface area (Å²) in [7, 11) is 0. The zero-order valence-electron chi connectivity index (χ0n) is 10.4.